The van der Waals surface area contributed by atoms with Crippen LogP contribution in [0.4, 0.5) is 5.69 Å². The second-order valence-electron chi connectivity index (χ2n) is 7.52. The minimum atomic E-state index is -0.683. The van der Waals surface area contributed by atoms with E-state index >= 15 is 0 Å². The number of ether oxygens (including phenoxy) is 1. The number of hydrogen-bond acceptors (Lipinski definition) is 7. The fourth-order valence-electron chi connectivity index (χ4n) is 2.45. The van der Waals surface area contributed by atoms with Gasteiger partial charge < -0.3 is 9.26 Å². The van der Waals surface area contributed by atoms with Crippen LogP contribution in [0.25, 0.3) is 0 Å². The topological polar surface area (TPSA) is 108 Å². The van der Waals surface area contributed by atoms with Crippen LogP contribution in [0.2, 0.25) is 0 Å². The van der Waals surface area contributed by atoms with E-state index in [2.05, 4.69) is 10.1 Å². The summed E-state index contributed by atoms with van der Waals surface area (Å²) >= 11 is 0. The molecule has 0 aliphatic rings. The summed E-state index contributed by atoms with van der Waals surface area (Å²) in [5.41, 5.74) is 0.131. The third kappa shape index (κ3) is 4.87. The van der Waals surface area contributed by atoms with Crippen molar-refractivity contribution in [3.05, 3.63) is 51.2 Å². The van der Waals surface area contributed by atoms with Crippen molar-refractivity contribution in [2.45, 2.75) is 53.1 Å². The zero-order chi connectivity index (χ0) is 19.5. The summed E-state index contributed by atoms with van der Waals surface area (Å²) in [6, 6.07) is 4.34. The van der Waals surface area contributed by atoms with E-state index in [0.29, 0.717) is 23.7 Å². The number of rotatable bonds is 6. The van der Waals surface area contributed by atoms with Crippen LogP contribution >= 0.6 is 0 Å². The van der Waals surface area contributed by atoms with Gasteiger partial charge in [0.2, 0.25) is 0 Å². The molecule has 1 aromatic heterocycles. The first kappa shape index (κ1) is 19.6. The predicted molar refractivity (Wildman–Crippen MR) is 93.8 cm³/mol. The molecule has 0 saturated heterocycles. The Bertz CT molecular complexity index is 805. The number of benzene rings is 1. The molecule has 0 bridgehead atoms. The molecule has 0 atom stereocenters. The van der Waals surface area contributed by atoms with Crippen LogP contribution in [-0.4, -0.2) is 21.0 Å². The monoisotopic (exact) mass is 361 g/mol. The van der Waals surface area contributed by atoms with Gasteiger partial charge in [-0.05, 0) is 17.4 Å². The molecule has 0 aliphatic carbocycles. The SMILES string of the molecule is CC(C)Cc1noc(COC(=O)c2ccc(C(C)(C)C)c([N+](=O)[O-])c2)n1. The number of nitrogens with zero attached hydrogens (tertiary/aromatic N) is 3. The van der Waals surface area contributed by atoms with Gasteiger partial charge in [0, 0.05) is 18.1 Å². The highest BCUT2D eigenvalue weighted by Gasteiger charge is 2.26. The van der Waals surface area contributed by atoms with Crippen LogP contribution in [-0.2, 0) is 23.2 Å². The highest BCUT2D eigenvalue weighted by atomic mass is 16.6. The second kappa shape index (κ2) is 7.63. The molecule has 0 N–H and O–H groups in total. The Kier molecular flexibility index (Phi) is 5.74. The molecule has 0 aliphatic heterocycles. The lowest BCUT2D eigenvalue weighted by Gasteiger charge is -2.19. The van der Waals surface area contributed by atoms with Crippen LogP contribution in [0.1, 0.15) is 62.3 Å². The lowest BCUT2D eigenvalue weighted by molar-refractivity contribution is -0.386. The zero-order valence-electron chi connectivity index (χ0n) is 15.6. The largest absolute Gasteiger partial charge is 0.452 e. The Morgan fingerprint density at radius 2 is 2.04 bits per heavy atom. The van der Waals surface area contributed by atoms with E-state index in [1.54, 1.807) is 6.07 Å². The quantitative estimate of drug-likeness (QED) is 0.437. The van der Waals surface area contributed by atoms with Gasteiger partial charge in [-0.3, -0.25) is 10.1 Å². The van der Waals surface area contributed by atoms with Gasteiger partial charge >= 0.3 is 5.97 Å². The Morgan fingerprint density at radius 3 is 2.62 bits per heavy atom. The molecule has 26 heavy (non-hydrogen) atoms. The maximum absolute atomic E-state index is 12.2. The zero-order valence-corrected chi connectivity index (χ0v) is 15.6. The van der Waals surface area contributed by atoms with Crippen molar-refractivity contribution in [3.63, 3.8) is 0 Å². The number of aromatic nitrogens is 2. The number of esters is 1. The highest BCUT2D eigenvalue weighted by Crippen LogP contribution is 2.32. The average molecular weight is 361 g/mol. The molecule has 0 spiro atoms. The minimum absolute atomic E-state index is 0.103. The fourth-order valence-corrected chi connectivity index (χ4v) is 2.45. The van der Waals surface area contributed by atoms with E-state index in [1.807, 2.05) is 34.6 Å². The van der Waals surface area contributed by atoms with Crippen molar-refractivity contribution in [3.8, 4) is 0 Å². The fraction of sp³-hybridized carbons (Fsp3) is 0.500. The number of nitro benzene ring substituents is 1. The van der Waals surface area contributed by atoms with Gasteiger partial charge in [-0.15, -0.1) is 0 Å². The van der Waals surface area contributed by atoms with Crippen molar-refractivity contribution < 1.29 is 19.0 Å². The van der Waals surface area contributed by atoms with E-state index in [4.69, 9.17) is 9.26 Å². The van der Waals surface area contributed by atoms with Crippen molar-refractivity contribution in [2.75, 3.05) is 0 Å². The van der Waals surface area contributed by atoms with E-state index in [1.165, 1.54) is 12.1 Å². The van der Waals surface area contributed by atoms with Crippen LogP contribution < -0.4 is 0 Å². The Hall–Kier alpha value is -2.77. The van der Waals surface area contributed by atoms with Gasteiger partial charge in [-0.25, -0.2) is 4.79 Å². The highest BCUT2D eigenvalue weighted by molar-refractivity contribution is 5.90. The second-order valence-corrected chi connectivity index (χ2v) is 7.52. The number of carbonyl (C=O) groups is 1. The predicted octanol–water partition coefficient (Wildman–Crippen LogP) is 3.83. The van der Waals surface area contributed by atoms with Crippen molar-refractivity contribution in [1.82, 2.24) is 10.1 Å². The summed E-state index contributed by atoms with van der Waals surface area (Å²) < 4.78 is 10.2. The smallest absolute Gasteiger partial charge is 0.338 e. The summed E-state index contributed by atoms with van der Waals surface area (Å²) in [7, 11) is 0. The number of carbonyl (C=O) groups excluding carboxylic acids is 1. The van der Waals surface area contributed by atoms with E-state index in [-0.39, 0.29) is 23.7 Å². The van der Waals surface area contributed by atoms with E-state index in [9.17, 15) is 14.9 Å². The van der Waals surface area contributed by atoms with Crippen molar-refractivity contribution >= 4 is 11.7 Å². The summed E-state index contributed by atoms with van der Waals surface area (Å²) in [4.78, 5) is 27.2. The molecule has 1 heterocycles. The maximum Gasteiger partial charge on any atom is 0.338 e. The molecule has 1 aromatic carbocycles. The summed E-state index contributed by atoms with van der Waals surface area (Å²) in [5, 5.41) is 15.1. The van der Waals surface area contributed by atoms with Crippen molar-refractivity contribution in [1.29, 1.82) is 0 Å². The van der Waals surface area contributed by atoms with E-state index in [0.717, 1.165) is 0 Å². The van der Waals surface area contributed by atoms with Gasteiger partial charge in [0.05, 0.1) is 10.5 Å². The van der Waals surface area contributed by atoms with Gasteiger partial charge in [-0.2, -0.15) is 4.98 Å². The van der Waals surface area contributed by atoms with Gasteiger partial charge in [-0.1, -0.05) is 45.8 Å². The molecule has 0 saturated carbocycles. The maximum atomic E-state index is 12.2. The Labute approximate surface area is 151 Å². The normalized spacial score (nSPS) is 11.6. The molecule has 2 aromatic rings. The lowest BCUT2D eigenvalue weighted by Crippen LogP contribution is -2.15. The molecule has 0 unspecified atom stereocenters. The lowest BCUT2D eigenvalue weighted by atomic mass is 9.85. The van der Waals surface area contributed by atoms with Crippen LogP contribution in [0.5, 0.6) is 0 Å². The molecule has 2 rings (SSSR count). The number of nitro groups is 1. The van der Waals surface area contributed by atoms with Gasteiger partial charge in [0.15, 0.2) is 12.4 Å². The Balaban J connectivity index is 2.11. The third-order valence-corrected chi connectivity index (χ3v) is 3.67. The number of hydrogen-bond donors (Lipinski definition) is 0. The summed E-state index contributed by atoms with van der Waals surface area (Å²) in [6.45, 7) is 9.50. The summed E-state index contributed by atoms with van der Waals surface area (Å²) in [5.74, 6) is 0.438. The molecular weight excluding hydrogens is 338 g/mol. The molecule has 0 amide bonds. The third-order valence-electron chi connectivity index (χ3n) is 3.67. The molecule has 8 nitrogen and oxygen atoms in total. The van der Waals surface area contributed by atoms with Gasteiger partial charge in [0.1, 0.15) is 0 Å². The molecule has 140 valence electrons. The average Bonchev–Trinajstić information content (AvgIpc) is 2.97. The van der Waals surface area contributed by atoms with Crippen LogP contribution in [0.15, 0.2) is 22.7 Å². The molecule has 0 fully saturated rings. The molecular formula is C18H23N3O5. The van der Waals surface area contributed by atoms with Crippen molar-refractivity contribution in [2.24, 2.45) is 5.92 Å². The first-order valence-corrected chi connectivity index (χ1v) is 8.35. The van der Waals surface area contributed by atoms with Gasteiger partial charge in [0.25, 0.3) is 11.6 Å². The summed E-state index contributed by atoms with van der Waals surface area (Å²) in [6.07, 6.45) is 0.665. The van der Waals surface area contributed by atoms with Crippen LogP contribution in [0.3, 0.4) is 0 Å². The minimum Gasteiger partial charge on any atom is -0.452 e. The Morgan fingerprint density at radius 1 is 1.35 bits per heavy atom. The first-order chi connectivity index (χ1) is 12.1. The van der Waals surface area contributed by atoms with Crippen LogP contribution in [0, 0.1) is 16.0 Å². The van der Waals surface area contributed by atoms with E-state index < -0.39 is 16.3 Å². The standard InChI is InChI=1S/C18H23N3O5/c1-11(2)8-15-19-16(26-20-15)10-25-17(22)12-6-7-13(18(3,4)5)14(9-12)21(23)24/h6-7,9,11H,8,10H2,1-5H3. The molecule has 0 radical (unpaired) electrons. The molecule has 8 heteroatoms. The first-order valence-electron chi connectivity index (χ1n) is 8.35.